The Labute approximate surface area is 146 Å². The fourth-order valence-electron chi connectivity index (χ4n) is 3.42. The van der Waals surface area contributed by atoms with Gasteiger partial charge in [0.15, 0.2) is 0 Å². The summed E-state index contributed by atoms with van der Waals surface area (Å²) < 4.78 is 0. The van der Waals surface area contributed by atoms with Crippen LogP contribution >= 0.6 is 0 Å². The van der Waals surface area contributed by atoms with Crippen LogP contribution in [0.3, 0.4) is 0 Å². The van der Waals surface area contributed by atoms with E-state index in [1.54, 1.807) is 6.33 Å². The molecule has 3 aromatic rings. The van der Waals surface area contributed by atoms with Gasteiger partial charge < -0.3 is 15.6 Å². The van der Waals surface area contributed by atoms with Crippen molar-refractivity contribution in [1.82, 2.24) is 15.3 Å². The number of aromatic nitrogens is 2. The number of nitrogens with one attached hydrogen (secondary N) is 3. The minimum absolute atomic E-state index is 0.00777. The summed E-state index contributed by atoms with van der Waals surface area (Å²) in [5, 5.41) is 6.35. The summed E-state index contributed by atoms with van der Waals surface area (Å²) in [6.45, 7) is 2.25. The molecule has 128 valence electrons. The molecular weight excluding hydrogens is 312 g/mol. The topological polar surface area (TPSA) is 69.8 Å². The molecule has 0 aliphatic carbocycles. The minimum Gasteiger partial charge on any atom is -0.345 e. The highest BCUT2D eigenvalue weighted by Crippen LogP contribution is 2.17. The number of carbonyl (C=O) groups excluding carboxylic acids is 1. The number of nitrogens with zero attached hydrogens (tertiary/aromatic N) is 1. The lowest BCUT2D eigenvalue weighted by atomic mass is 9.97. The van der Waals surface area contributed by atoms with Crippen LogP contribution in [0.2, 0.25) is 0 Å². The first-order chi connectivity index (χ1) is 12.3. The van der Waals surface area contributed by atoms with Gasteiger partial charge >= 0.3 is 0 Å². The summed E-state index contributed by atoms with van der Waals surface area (Å²) in [6, 6.07) is 14.1. The Hall–Kier alpha value is -2.66. The van der Waals surface area contributed by atoms with E-state index in [4.69, 9.17) is 0 Å². The lowest BCUT2D eigenvalue weighted by Gasteiger charge is -2.09. The maximum absolute atomic E-state index is 12.3. The Kier molecular flexibility index (Phi) is 4.48. The molecule has 1 atom stereocenters. The summed E-state index contributed by atoms with van der Waals surface area (Å²) in [5.41, 5.74) is 4.98. The number of benzene rings is 2. The molecule has 0 bridgehead atoms. The number of hydrogen-bond donors (Lipinski definition) is 3. The third kappa shape index (κ3) is 3.88. The quantitative estimate of drug-likeness (QED) is 0.672. The van der Waals surface area contributed by atoms with Crippen LogP contribution in [0.15, 0.2) is 48.8 Å². The van der Waals surface area contributed by atoms with Gasteiger partial charge in [0.05, 0.1) is 23.8 Å². The molecule has 1 unspecified atom stereocenters. The van der Waals surface area contributed by atoms with E-state index < -0.39 is 0 Å². The van der Waals surface area contributed by atoms with Crippen molar-refractivity contribution in [1.29, 1.82) is 0 Å². The highest BCUT2D eigenvalue weighted by Gasteiger charge is 2.14. The van der Waals surface area contributed by atoms with Crippen molar-refractivity contribution in [2.24, 2.45) is 5.92 Å². The fourth-order valence-corrected chi connectivity index (χ4v) is 3.42. The van der Waals surface area contributed by atoms with E-state index in [0.29, 0.717) is 6.42 Å². The molecule has 5 heteroatoms. The van der Waals surface area contributed by atoms with Crippen molar-refractivity contribution in [2.75, 3.05) is 18.4 Å². The van der Waals surface area contributed by atoms with Crippen LogP contribution < -0.4 is 10.6 Å². The van der Waals surface area contributed by atoms with Gasteiger partial charge in [-0.15, -0.1) is 0 Å². The second kappa shape index (κ2) is 7.07. The molecule has 0 spiro atoms. The maximum atomic E-state index is 12.3. The van der Waals surface area contributed by atoms with E-state index in [1.807, 2.05) is 18.2 Å². The van der Waals surface area contributed by atoms with Crippen LogP contribution in [-0.4, -0.2) is 29.0 Å². The summed E-state index contributed by atoms with van der Waals surface area (Å²) >= 11 is 0. The van der Waals surface area contributed by atoms with E-state index in [-0.39, 0.29) is 5.91 Å². The Morgan fingerprint density at radius 3 is 2.80 bits per heavy atom. The van der Waals surface area contributed by atoms with Crippen molar-refractivity contribution < 1.29 is 4.79 Å². The van der Waals surface area contributed by atoms with E-state index >= 15 is 0 Å². The molecule has 3 N–H and O–H groups in total. The Morgan fingerprint density at radius 2 is 2.00 bits per heavy atom. The Morgan fingerprint density at radius 1 is 1.16 bits per heavy atom. The summed E-state index contributed by atoms with van der Waals surface area (Å²) in [5.74, 6) is 0.734. The zero-order valence-electron chi connectivity index (χ0n) is 14.1. The molecule has 25 heavy (non-hydrogen) atoms. The number of H-pyrrole nitrogens is 1. The van der Waals surface area contributed by atoms with Gasteiger partial charge in [0.1, 0.15) is 0 Å². The van der Waals surface area contributed by atoms with Crippen LogP contribution in [0.25, 0.3) is 11.0 Å². The molecule has 1 fully saturated rings. The first-order valence-corrected chi connectivity index (χ1v) is 8.78. The number of carbonyl (C=O) groups is 1. The normalized spacial score (nSPS) is 17.0. The average Bonchev–Trinajstić information content (AvgIpc) is 3.27. The zero-order chi connectivity index (χ0) is 17.1. The van der Waals surface area contributed by atoms with E-state index in [9.17, 15) is 4.79 Å². The second-order valence-electron chi connectivity index (χ2n) is 6.74. The molecule has 2 aromatic carbocycles. The lowest BCUT2D eigenvalue weighted by molar-refractivity contribution is -0.115. The molecule has 2 heterocycles. The SMILES string of the molecule is O=C(Cc1ccc(CC2CCNC2)cc1)Nc1ccc2nc[nH]c2c1. The van der Waals surface area contributed by atoms with Crippen LogP contribution in [0, 0.1) is 5.92 Å². The molecule has 1 aliphatic rings. The van der Waals surface area contributed by atoms with E-state index in [2.05, 4.69) is 44.9 Å². The van der Waals surface area contributed by atoms with Gasteiger partial charge in [-0.1, -0.05) is 24.3 Å². The number of hydrogen-bond acceptors (Lipinski definition) is 3. The predicted molar refractivity (Wildman–Crippen MR) is 99.6 cm³/mol. The number of fused-ring (bicyclic) bond motifs is 1. The molecule has 4 rings (SSSR count). The van der Waals surface area contributed by atoms with Gasteiger partial charge in [-0.05, 0) is 61.2 Å². The summed E-state index contributed by atoms with van der Waals surface area (Å²) in [6.07, 6.45) is 4.40. The number of imidazole rings is 1. The minimum atomic E-state index is -0.00777. The maximum Gasteiger partial charge on any atom is 0.228 e. The Balaban J connectivity index is 1.35. The largest absolute Gasteiger partial charge is 0.345 e. The number of rotatable bonds is 5. The van der Waals surface area contributed by atoms with Gasteiger partial charge in [-0.2, -0.15) is 0 Å². The fraction of sp³-hybridized carbons (Fsp3) is 0.300. The Bertz CT molecular complexity index is 863. The molecule has 0 radical (unpaired) electrons. The lowest BCUT2D eigenvalue weighted by Crippen LogP contribution is -2.14. The van der Waals surface area contributed by atoms with Crippen molar-refractivity contribution in [3.8, 4) is 0 Å². The molecule has 5 nitrogen and oxygen atoms in total. The standard InChI is InChI=1S/C20H22N4O/c25-20(24-17-5-6-18-19(11-17)23-13-22-18)10-15-3-1-14(2-4-15)9-16-7-8-21-12-16/h1-6,11,13,16,21H,7-10,12H2,(H,22,23)(H,24,25). The van der Waals surface area contributed by atoms with Gasteiger partial charge in [0.25, 0.3) is 0 Å². The number of anilines is 1. The number of aromatic amines is 1. The molecule has 0 saturated carbocycles. The van der Waals surface area contributed by atoms with Gasteiger partial charge in [0.2, 0.25) is 5.91 Å². The van der Waals surface area contributed by atoms with E-state index in [0.717, 1.165) is 47.7 Å². The van der Waals surface area contributed by atoms with Crippen LogP contribution in [-0.2, 0) is 17.6 Å². The molecular formula is C20H22N4O. The average molecular weight is 334 g/mol. The first-order valence-electron chi connectivity index (χ1n) is 8.78. The molecule has 1 amide bonds. The van der Waals surface area contributed by atoms with Gasteiger partial charge in [-0.3, -0.25) is 4.79 Å². The molecule has 1 saturated heterocycles. The highest BCUT2D eigenvalue weighted by molar-refractivity contribution is 5.94. The predicted octanol–water partition coefficient (Wildman–Crippen LogP) is 2.90. The third-order valence-electron chi connectivity index (χ3n) is 4.78. The monoisotopic (exact) mass is 334 g/mol. The van der Waals surface area contributed by atoms with Crippen LogP contribution in [0.1, 0.15) is 17.5 Å². The van der Waals surface area contributed by atoms with Crippen LogP contribution in [0.5, 0.6) is 0 Å². The smallest absolute Gasteiger partial charge is 0.228 e. The van der Waals surface area contributed by atoms with Crippen molar-refractivity contribution >= 4 is 22.6 Å². The van der Waals surface area contributed by atoms with E-state index in [1.165, 1.54) is 12.0 Å². The van der Waals surface area contributed by atoms with Crippen molar-refractivity contribution in [3.05, 3.63) is 59.9 Å². The van der Waals surface area contributed by atoms with Crippen molar-refractivity contribution in [2.45, 2.75) is 19.3 Å². The second-order valence-corrected chi connectivity index (χ2v) is 6.74. The third-order valence-corrected chi connectivity index (χ3v) is 4.78. The van der Waals surface area contributed by atoms with Gasteiger partial charge in [-0.25, -0.2) is 4.98 Å². The molecule has 1 aromatic heterocycles. The van der Waals surface area contributed by atoms with Gasteiger partial charge in [0, 0.05) is 5.69 Å². The number of amides is 1. The zero-order valence-corrected chi connectivity index (χ0v) is 14.1. The first kappa shape index (κ1) is 15.8. The van der Waals surface area contributed by atoms with Crippen molar-refractivity contribution in [3.63, 3.8) is 0 Å². The molecule has 1 aliphatic heterocycles. The highest BCUT2D eigenvalue weighted by atomic mass is 16.1. The summed E-state index contributed by atoms with van der Waals surface area (Å²) in [7, 11) is 0. The summed E-state index contributed by atoms with van der Waals surface area (Å²) in [4.78, 5) is 19.5. The van der Waals surface area contributed by atoms with Crippen LogP contribution in [0.4, 0.5) is 5.69 Å².